The third kappa shape index (κ3) is 2.17. The summed E-state index contributed by atoms with van der Waals surface area (Å²) < 4.78 is 4.76. The summed E-state index contributed by atoms with van der Waals surface area (Å²) in [7, 11) is 0. The maximum atomic E-state index is 10.1. The molecule has 70 valence electrons. The zero-order chi connectivity index (χ0) is 9.84. The van der Waals surface area contributed by atoms with Crippen LogP contribution in [0.25, 0.3) is 0 Å². The van der Waals surface area contributed by atoms with Crippen LogP contribution in [-0.4, -0.2) is 16.1 Å². The minimum atomic E-state index is -0.901. The van der Waals surface area contributed by atoms with Crippen LogP contribution in [0.5, 0.6) is 0 Å². The Morgan fingerprint density at radius 3 is 2.92 bits per heavy atom. The van der Waals surface area contributed by atoms with Crippen molar-refractivity contribution in [2.45, 2.75) is 0 Å². The highest BCUT2D eigenvalue weighted by molar-refractivity contribution is 5.78. The molecule has 0 spiro atoms. The molecule has 0 radical (unpaired) electrons. The number of aliphatic imine (C=N–C) groups is 1. The SMILES string of the molecule is NC(=Nc1ccco1)N(N)[N+](=O)[O-]. The van der Waals surface area contributed by atoms with Crippen molar-refractivity contribution in [2.75, 3.05) is 0 Å². The third-order valence-electron chi connectivity index (χ3n) is 1.14. The van der Waals surface area contributed by atoms with Gasteiger partial charge in [-0.15, -0.1) is 0 Å². The fraction of sp³-hybridized carbons (Fsp3) is 0. The molecular weight excluding hydrogens is 178 g/mol. The predicted octanol–water partition coefficient (Wildman–Crippen LogP) is -0.407. The first kappa shape index (κ1) is 9.00. The van der Waals surface area contributed by atoms with Gasteiger partial charge in [0.1, 0.15) is 0 Å². The summed E-state index contributed by atoms with van der Waals surface area (Å²) in [6, 6.07) is 3.06. The quantitative estimate of drug-likeness (QED) is 0.212. The van der Waals surface area contributed by atoms with Gasteiger partial charge in [0.05, 0.1) is 6.26 Å². The maximum absolute atomic E-state index is 10.1. The molecular formula is C5H7N5O3. The zero-order valence-electron chi connectivity index (χ0n) is 6.45. The van der Waals surface area contributed by atoms with Gasteiger partial charge in [0.25, 0.3) is 5.96 Å². The molecule has 0 saturated carbocycles. The normalized spacial score (nSPS) is 11.3. The van der Waals surface area contributed by atoms with Gasteiger partial charge in [0.2, 0.25) is 5.88 Å². The summed E-state index contributed by atoms with van der Waals surface area (Å²) in [6.45, 7) is 0. The van der Waals surface area contributed by atoms with Crippen LogP contribution in [0.15, 0.2) is 27.8 Å². The summed E-state index contributed by atoms with van der Waals surface area (Å²) >= 11 is 0. The molecule has 0 aromatic carbocycles. The van der Waals surface area contributed by atoms with E-state index in [2.05, 4.69) is 4.99 Å². The van der Waals surface area contributed by atoms with Crippen molar-refractivity contribution in [2.24, 2.45) is 16.6 Å². The van der Waals surface area contributed by atoms with E-state index in [1.165, 1.54) is 12.3 Å². The number of guanidine groups is 1. The van der Waals surface area contributed by atoms with E-state index in [0.717, 1.165) is 0 Å². The molecule has 13 heavy (non-hydrogen) atoms. The number of furan rings is 1. The molecule has 8 nitrogen and oxygen atoms in total. The highest BCUT2D eigenvalue weighted by Gasteiger charge is 2.13. The Morgan fingerprint density at radius 1 is 1.77 bits per heavy atom. The van der Waals surface area contributed by atoms with Crippen LogP contribution in [0.3, 0.4) is 0 Å². The van der Waals surface area contributed by atoms with E-state index < -0.39 is 11.0 Å². The van der Waals surface area contributed by atoms with Gasteiger partial charge in [0.15, 0.2) is 5.03 Å². The first-order valence-corrected chi connectivity index (χ1v) is 3.18. The molecule has 1 aromatic rings. The van der Waals surface area contributed by atoms with E-state index in [1.807, 2.05) is 0 Å². The first-order chi connectivity index (χ1) is 6.11. The van der Waals surface area contributed by atoms with Gasteiger partial charge in [-0.2, -0.15) is 10.8 Å². The minimum Gasteiger partial charge on any atom is -0.447 e. The Hall–Kier alpha value is -2.09. The van der Waals surface area contributed by atoms with Crippen LogP contribution >= 0.6 is 0 Å². The minimum absolute atomic E-state index is 0.0997. The Morgan fingerprint density at radius 2 is 2.46 bits per heavy atom. The second kappa shape index (κ2) is 3.54. The molecule has 8 heteroatoms. The number of nitro groups is 1. The lowest BCUT2D eigenvalue weighted by Gasteiger charge is -2.03. The van der Waals surface area contributed by atoms with Crippen molar-refractivity contribution in [1.29, 1.82) is 0 Å². The summed E-state index contributed by atoms with van der Waals surface area (Å²) in [5.41, 5.74) is 5.16. The second-order valence-electron chi connectivity index (χ2n) is 2.00. The molecule has 0 aliphatic carbocycles. The van der Waals surface area contributed by atoms with Gasteiger partial charge in [-0.3, -0.25) is 0 Å². The van der Waals surface area contributed by atoms with Crippen LogP contribution < -0.4 is 11.6 Å². The van der Waals surface area contributed by atoms with E-state index in [0.29, 0.717) is 0 Å². The lowest BCUT2D eigenvalue weighted by molar-refractivity contribution is -0.632. The standard InChI is InChI=1S/C5H7N5O3/c6-5(9(7)10(11)12)8-4-2-1-3-13-4/h1-3H,7H2,(H2,6,8). The lowest BCUT2D eigenvalue weighted by Crippen LogP contribution is -2.46. The average molecular weight is 185 g/mol. The average Bonchev–Trinajstić information content (AvgIpc) is 2.55. The topological polar surface area (TPSA) is 124 Å². The number of nitrogens with two attached hydrogens (primary N) is 2. The highest BCUT2D eigenvalue weighted by atomic mass is 16.7. The van der Waals surface area contributed by atoms with Gasteiger partial charge in [-0.05, 0) is 6.07 Å². The van der Waals surface area contributed by atoms with E-state index in [-0.39, 0.29) is 11.0 Å². The Bertz CT molecular complexity index is 319. The molecule has 0 saturated heterocycles. The second-order valence-corrected chi connectivity index (χ2v) is 2.00. The molecule has 0 fully saturated rings. The van der Waals surface area contributed by atoms with Crippen molar-refractivity contribution in [3.63, 3.8) is 0 Å². The van der Waals surface area contributed by atoms with Gasteiger partial charge in [-0.1, -0.05) is 0 Å². The van der Waals surface area contributed by atoms with Gasteiger partial charge < -0.3 is 10.2 Å². The maximum Gasteiger partial charge on any atom is 0.282 e. The molecule has 1 aromatic heterocycles. The fourth-order valence-corrected chi connectivity index (χ4v) is 0.581. The molecule has 0 aliphatic rings. The van der Waals surface area contributed by atoms with Crippen molar-refractivity contribution in [3.8, 4) is 0 Å². The van der Waals surface area contributed by atoms with Crippen LogP contribution in [0.1, 0.15) is 0 Å². The Balaban J connectivity index is 2.78. The molecule has 0 amide bonds. The van der Waals surface area contributed by atoms with Crippen LogP contribution in [0.4, 0.5) is 5.88 Å². The third-order valence-corrected chi connectivity index (χ3v) is 1.14. The summed E-state index contributed by atoms with van der Waals surface area (Å²) in [5, 5.41) is 9.28. The number of nitrogens with zero attached hydrogens (tertiary/aromatic N) is 3. The molecule has 4 N–H and O–H groups in total. The summed E-state index contributed by atoms with van der Waals surface area (Å²) in [4.78, 5) is 13.6. The number of hydrazine groups is 2. The molecule has 0 atom stereocenters. The van der Waals surface area contributed by atoms with Crippen LogP contribution in [0, 0.1) is 10.1 Å². The number of hydrogen-bond donors (Lipinski definition) is 2. The predicted molar refractivity (Wildman–Crippen MR) is 43.0 cm³/mol. The molecule has 0 aliphatic heterocycles. The summed E-state index contributed by atoms with van der Waals surface area (Å²) in [5.74, 6) is 4.60. The monoisotopic (exact) mass is 185 g/mol. The van der Waals surface area contributed by atoms with Gasteiger partial charge in [-0.25, -0.2) is 10.1 Å². The van der Waals surface area contributed by atoms with Crippen molar-refractivity contribution in [1.82, 2.24) is 5.12 Å². The molecule has 0 unspecified atom stereocenters. The van der Waals surface area contributed by atoms with Crippen molar-refractivity contribution >= 4 is 11.8 Å². The van der Waals surface area contributed by atoms with Gasteiger partial charge >= 0.3 is 0 Å². The number of hydrogen-bond acceptors (Lipinski definition) is 5. The van der Waals surface area contributed by atoms with E-state index in [4.69, 9.17) is 16.0 Å². The smallest absolute Gasteiger partial charge is 0.282 e. The van der Waals surface area contributed by atoms with Gasteiger partial charge in [0, 0.05) is 11.2 Å². The highest BCUT2D eigenvalue weighted by Crippen LogP contribution is 2.10. The van der Waals surface area contributed by atoms with Crippen LogP contribution in [-0.2, 0) is 0 Å². The van der Waals surface area contributed by atoms with Crippen LogP contribution in [0.2, 0.25) is 0 Å². The Labute approximate surface area is 72.5 Å². The molecule has 1 rings (SSSR count). The Kier molecular flexibility index (Phi) is 2.45. The van der Waals surface area contributed by atoms with E-state index in [9.17, 15) is 10.1 Å². The number of rotatable bonds is 2. The lowest BCUT2D eigenvalue weighted by atomic mass is 10.6. The summed E-state index contributed by atoms with van der Waals surface area (Å²) in [6.07, 6.45) is 1.36. The van der Waals surface area contributed by atoms with E-state index >= 15 is 0 Å². The first-order valence-electron chi connectivity index (χ1n) is 3.18. The van der Waals surface area contributed by atoms with Crippen molar-refractivity contribution in [3.05, 3.63) is 28.5 Å². The molecule has 0 bridgehead atoms. The fourth-order valence-electron chi connectivity index (χ4n) is 0.581. The molecule has 1 heterocycles. The van der Waals surface area contributed by atoms with Crippen molar-refractivity contribution < 1.29 is 9.45 Å². The van der Waals surface area contributed by atoms with E-state index in [1.54, 1.807) is 6.07 Å². The largest absolute Gasteiger partial charge is 0.447 e. The zero-order valence-corrected chi connectivity index (χ0v) is 6.45.